The summed E-state index contributed by atoms with van der Waals surface area (Å²) in [5.74, 6) is 1.40. The molecule has 2 heterocycles. The summed E-state index contributed by atoms with van der Waals surface area (Å²) in [6, 6.07) is 23.5. The lowest BCUT2D eigenvalue weighted by atomic mass is 10.0. The molecule has 158 valence electrons. The van der Waals surface area contributed by atoms with E-state index in [1.165, 1.54) is 25.9 Å². The van der Waals surface area contributed by atoms with Crippen LogP contribution in [0.4, 0.5) is 5.69 Å². The molecule has 0 bridgehead atoms. The van der Waals surface area contributed by atoms with Crippen molar-refractivity contribution in [3.63, 3.8) is 0 Å². The molecule has 1 fully saturated rings. The summed E-state index contributed by atoms with van der Waals surface area (Å²) in [5.41, 5.74) is 3.52. The van der Waals surface area contributed by atoms with Crippen LogP contribution in [0.3, 0.4) is 0 Å². The van der Waals surface area contributed by atoms with Gasteiger partial charge in [-0.25, -0.2) is 0 Å². The molecule has 5 rings (SSSR count). The molecule has 31 heavy (non-hydrogen) atoms. The first-order valence-electron chi connectivity index (χ1n) is 10.9. The number of likely N-dealkylation sites (tertiary alicyclic amines) is 1. The highest BCUT2D eigenvalue weighted by Crippen LogP contribution is 2.33. The number of fused-ring (bicyclic) bond motifs is 1. The summed E-state index contributed by atoms with van der Waals surface area (Å²) in [4.78, 5) is 17.2. The summed E-state index contributed by atoms with van der Waals surface area (Å²) in [7, 11) is 0. The maximum atomic E-state index is 13.1. The molecule has 0 radical (unpaired) electrons. The smallest absolute Gasteiger partial charge is 0.264 e. The second-order valence-corrected chi connectivity index (χ2v) is 7.97. The van der Waals surface area contributed by atoms with E-state index < -0.39 is 0 Å². The van der Waals surface area contributed by atoms with E-state index in [-0.39, 0.29) is 12.6 Å². The number of hydrogen-bond donors (Lipinski definition) is 0. The molecule has 1 amide bonds. The van der Waals surface area contributed by atoms with Crippen LogP contribution in [0.2, 0.25) is 0 Å². The van der Waals surface area contributed by atoms with Crippen LogP contribution in [0.1, 0.15) is 23.2 Å². The Morgan fingerprint density at radius 2 is 1.65 bits per heavy atom. The fourth-order valence-corrected chi connectivity index (χ4v) is 4.18. The first-order chi connectivity index (χ1) is 15.3. The molecule has 0 N–H and O–H groups in total. The van der Waals surface area contributed by atoms with Crippen LogP contribution in [0.25, 0.3) is 11.1 Å². The molecule has 5 nitrogen and oxygen atoms in total. The SMILES string of the molecule is O=C1c2ccc(-c3ccccc3)cc2OCN1c1ccc(OCCN2CCCC2)cc1. The maximum absolute atomic E-state index is 13.1. The Labute approximate surface area is 182 Å². The summed E-state index contributed by atoms with van der Waals surface area (Å²) in [6.07, 6.45) is 2.58. The lowest BCUT2D eigenvalue weighted by Crippen LogP contribution is -2.38. The largest absolute Gasteiger partial charge is 0.492 e. The van der Waals surface area contributed by atoms with Gasteiger partial charge in [-0.3, -0.25) is 14.6 Å². The van der Waals surface area contributed by atoms with Crippen LogP contribution >= 0.6 is 0 Å². The van der Waals surface area contributed by atoms with Crippen LogP contribution in [0.15, 0.2) is 72.8 Å². The van der Waals surface area contributed by atoms with Gasteiger partial charge in [-0.15, -0.1) is 0 Å². The highest BCUT2D eigenvalue weighted by atomic mass is 16.5. The van der Waals surface area contributed by atoms with Crippen molar-refractivity contribution in [2.24, 2.45) is 0 Å². The van der Waals surface area contributed by atoms with Gasteiger partial charge >= 0.3 is 0 Å². The zero-order valence-electron chi connectivity index (χ0n) is 17.5. The minimum absolute atomic E-state index is 0.0523. The highest BCUT2D eigenvalue weighted by Gasteiger charge is 2.27. The molecule has 2 aliphatic heterocycles. The lowest BCUT2D eigenvalue weighted by molar-refractivity contribution is 0.0937. The molecule has 0 saturated carbocycles. The summed E-state index contributed by atoms with van der Waals surface area (Å²) in [6.45, 7) is 4.19. The Kier molecular flexibility index (Phi) is 5.59. The van der Waals surface area contributed by atoms with Gasteiger partial charge in [0, 0.05) is 12.2 Å². The van der Waals surface area contributed by atoms with Crippen molar-refractivity contribution in [3.05, 3.63) is 78.4 Å². The Bertz CT molecular complexity index is 1040. The summed E-state index contributed by atoms with van der Waals surface area (Å²) >= 11 is 0. The van der Waals surface area contributed by atoms with E-state index in [2.05, 4.69) is 4.90 Å². The van der Waals surface area contributed by atoms with Gasteiger partial charge in [0.2, 0.25) is 0 Å². The summed E-state index contributed by atoms with van der Waals surface area (Å²) in [5, 5.41) is 0. The van der Waals surface area contributed by atoms with Crippen molar-refractivity contribution >= 4 is 11.6 Å². The second-order valence-electron chi connectivity index (χ2n) is 7.97. The van der Waals surface area contributed by atoms with E-state index in [1.807, 2.05) is 72.8 Å². The zero-order valence-corrected chi connectivity index (χ0v) is 17.5. The first-order valence-corrected chi connectivity index (χ1v) is 10.9. The Hall–Kier alpha value is -3.31. The predicted octanol–water partition coefficient (Wildman–Crippen LogP) is 4.82. The van der Waals surface area contributed by atoms with Gasteiger partial charge in [-0.1, -0.05) is 36.4 Å². The van der Waals surface area contributed by atoms with Crippen LogP contribution < -0.4 is 14.4 Å². The molecule has 0 atom stereocenters. The summed E-state index contributed by atoms with van der Waals surface area (Å²) < 4.78 is 11.8. The Morgan fingerprint density at radius 1 is 0.871 bits per heavy atom. The van der Waals surface area contributed by atoms with Gasteiger partial charge in [0.05, 0.1) is 5.56 Å². The van der Waals surface area contributed by atoms with Gasteiger partial charge in [-0.05, 0) is 73.5 Å². The fourth-order valence-electron chi connectivity index (χ4n) is 4.18. The molecule has 1 saturated heterocycles. The predicted molar refractivity (Wildman–Crippen MR) is 122 cm³/mol. The van der Waals surface area contributed by atoms with Gasteiger partial charge in [0.25, 0.3) is 5.91 Å². The quantitative estimate of drug-likeness (QED) is 0.580. The van der Waals surface area contributed by atoms with Gasteiger partial charge in [0.15, 0.2) is 6.73 Å². The Morgan fingerprint density at radius 3 is 2.42 bits per heavy atom. The molecular weight excluding hydrogens is 388 g/mol. The minimum atomic E-state index is -0.0523. The molecule has 2 aliphatic rings. The van der Waals surface area contributed by atoms with Gasteiger partial charge < -0.3 is 9.47 Å². The van der Waals surface area contributed by atoms with E-state index >= 15 is 0 Å². The number of amides is 1. The molecule has 0 unspecified atom stereocenters. The van der Waals surface area contributed by atoms with Gasteiger partial charge in [0.1, 0.15) is 18.1 Å². The number of rotatable bonds is 6. The zero-order chi connectivity index (χ0) is 21.0. The monoisotopic (exact) mass is 414 g/mol. The molecule has 3 aromatic carbocycles. The van der Waals surface area contributed by atoms with Crippen LogP contribution in [-0.4, -0.2) is 43.8 Å². The Balaban J connectivity index is 1.25. The van der Waals surface area contributed by atoms with Crippen molar-refractivity contribution < 1.29 is 14.3 Å². The van der Waals surface area contributed by atoms with E-state index in [0.717, 1.165) is 29.1 Å². The van der Waals surface area contributed by atoms with E-state index in [9.17, 15) is 4.79 Å². The van der Waals surface area contributed by atoms with Crippen molar-refractivity contribution in [1.82, 2.24) is 4.90 Å². The normalized spacial score (nSPS) is 16.1. The lowest BCUT2D eigenvalue weighted by Gasteiger charge is -2.29. The third kappa shape index (κ3) is 4.28. The number of benzene rings is 3. The fraction of sp³-hybridized carbons (Fsp3) is 0.269. The van der Waals surface area contributed by atoms with E-state index in [4.69, 9.17) is 9.47 Å². The number of carbonyl (C=O) groups excluding carboxylic acids is 1. The minimum Gasteiger partial charge on any atom is -0.492 e. The number of carbonyl (C=O) groups is 1. The average Bonchev–Trinajstić information content (AvgIpc) is 3.34. The first kappa shape index (κ1) is 19.6. The number of nitrogens with zero attached hydrogens (tertiary/aromatic N) is 2. The topological polar surface area (TPSA) is 42.0 Å². The number of anilines is 1. The average molecular weight is 415 g/mol. The number of hydrogen-bond acceptors (Lipinski definition) is 4. The van der Waals surface area contributed by atoms with Gasteiger partial charge in [-0.2, -0.15) is 0 Å². The molecule has 5 heteroatoms. The molecular formula is C26H26N2O3. The third-order valence-electron chi connectivity index (χ3n) is 5.94. The molecule has 0 aromatic heterocycles. The maximum Gasteiger partial charge on any atom is 0.264 e. The molecule has 0 aliphatic carbocycles. The van der Waals surface area contributed by atoms with E-state index in [0.29, 0.717) is 17.9 Å². The van der Waals surface area contributed by atoms with Crippen LogP contribution in [0, 0.1) is 0 Å². The number of ether oxygens (including phenoxy) is 2. The highest BCUT2D eigenvalue weighted by molar-refractivity contribution is 6.09. The molecule has 3 aromatic rings. The van der Waals surface area contributed by atoms with Crippen molar-refractivity contribution in [1.29, 1.82) is 0 Å². The van der Waals surface area contributed by atoms with Crippen molar-refractivity contribution in [2.45, 2.75) is 12.8 Å². The van der Waals surface area contributed by atoms with Crippen molar-refractivity contribution in [3.8, 4) is 22.6 Å². The van der Waals surface area contributed by atoms with E-state index in [1.54, 1.807) is 4.90 Å². The molecule has 0 spiro atoms. The van der Waals surface area contributed by atoms with Crippen LogP contribution in [0.5, 0.6) is 11.5 Å². The van der Waals surface area contributed by atoms with Crippen LogP contribution in [-0.2, 0) is 0 Å². The second kappa shape index (κ2) is 8.82. The standard InChI is InChI=1S/C26H26N2O3/c29-26-24-13-8-21(20-6-2-1-3-7-20)18-25(24)31-19-28(26)22-9-11-23(12-10-22)30-17-16-27-14-4-5-15-27/h1-3,6-13,18H,4-5,14-17,19H2. The van der Waals surface area contributed by atoms with Crippen molar-refractivity contribution in [2.75, 3.05) is 37.9 Å². The third-order valence-corrected chi connectivity index (χ3v) is 5.94.